The molecule has 0 aliphatic rings. The molecule has 1 aromatic heterocycles. The van der Waals surface area contributed by atoms with Crippen molar-refractivity contribution in [3.63, 3.8) is 0 Å². The van der Waals surface area contributed by atoms with Crippen molar-refractivity contribution in [3.8, 4) is 0 Å². The van der Waals surface area contributed by atoms with Crippen LogP contribution in [0.4, 0.5) is 0 Å². The van der Waals surface area contributed by atoms with Gasteiger partial charge in [-0.05, 0) is 19.4 Å². The van der Waals surface area contributed by atoms with Crippen LogP contribution in [0.1, 0.15) is 37.6 Å². The van der Waals surface area contributed by atoms with Crippen LogP contribution in [0.3, 0.4) is 0 Å². The van der Waals surface area contributed by atoms with Gasteiger partial charge in [-0.2, -0.15) is 0 Å². The molecule has 0 aromatic carbocycles. The fourth-order valence-corrected chi connectivity index (χ4v) is 1.39. The zero-order valence-corrected chi connectivity index (χ0v) is 9.04. The lowest BCUT2D eigenvalue weighted by Gasteiger charge is -2.15. The highest BCUT2D eigenvalue weighted by molar-refractivity contribution is 6.21. The Morgan fingerprint density at radius 2 is 2.15 bits per heavy atom. The maximum absolute atomic E-state index is 6.14. The molecule has 0 radical (unpaired) electrons. The van der Waals surface area contributed by atoms with Crippen LogP contribution >= 0.6 is 11.6 Å². The van der Waals surface area contributed by atoms with E-state index in [4.69, 9.17) is 11.6 Å². The molecule has 0 saturated heterocycles. The molecule has 0 saturated carbocycles. The summed E-state index contributed by atoms with van der Waals surface area (Å²) in [6, 6.07) is 2.00. The molecule has 1 aromatic rings. The number of hydrogen-bond donors (Lipinski definition) is 0. The van der Waals surface area contributed by atoms with E-state index in [2.05, 4.69) is 23.8 Å². The molecule has 72 valence electrons. The quantitative estimate of drug-likeness (QED) is 0.698. The predicted molar refractivity (Wildman–Crippen MR) is 55.1 cm³/mol. The molecule has 2 unspecified atom stereocenters. The Labute approximate surface area is 84.4 Å². The predicted octanol–water partition coefficient (Wildman–Crippen LogP) is 2.91. The van der Waals surface area contributed by atoms with E-state index in [1.54, 1.807) is 6.33 Å². The first kappa shape index (κ1) is 10.5. The highest BCUT2D eigenvalue weighted by Gasteiger charge is 2.15. The van der Waals surface area contributed by atoms with Gasteiger partial charge in [0, 0.05) is 22.7 Å². The van der Waals surface area contributed by atoms with Gasteiger partial charge in [0.15, 0.2) is 0 Å². The summed E-state index contributed by atoms with van der Waals surface area (Å²) in [7, 11) is 0. The minimum absolute atomic E-state index is 0.161. The number of rotatable bonds is 3. The Bertz CT molecular complexity index is 275. The van der Waals surface area contributed by atoms with Crippen molar-refractivity contribution in [2.24, 2.45) is 0 Å². The van der Waals surface area contributed by atoms with Crippen LogP contribution in [0, 0.1) is 6.92 Å². The molecule has 1 rings (SSSR count). The van der Waals surface area contributed by atoms with Crippen molar-refractivity contribution in [2.75, 3.05) is 0 Å². The average molecular weight is 199 g/mol. The van der Waals surface area contributed by atoms with Crippen LogP contribution in [0.15, 0.2) is 12.4 Å². The minimum atomic E-state index is 0.161. The van der Waals surface area contributed by atoms with Gasteiger partial charge in [0.25, 0.3) is 0 Å². The molecular weight excluding hydrogens is 184 g/mol. The third-order valence-electron chi connectivity index (χ3n) is 2.22. The van der Waals surface area contributed by atoms with Crippen molar-refractivity contribution < 1.29 is 0 Å². The number of nitrogens with zero attached hydrogens (tertiary/aromatic N) is 2. The summed E-state index contributed by atoms with van der Waals surface area (Å²) in [6.45, 7) is 6.15. The second-order valence-electron chi connectivity index (χ2n) is 3.30. The van der Waals surface area contributed by atoms with E-state index in [9.17, 15) is 0 Å². The van der Waals surface area contributed by atoms with Gasteiger partial charge in [-0.15, -0.1) is 11.6 Å². The van der Waals surface area contributed by atoms with Crippen molar-refractivity contribution in [2.45, 2.75) is 38.5 Å². The molecule has 0 fully saturated rings. The lowest BCUT2D eigenvalue weighted by Crippen LogP contribution is -2.10. The largest absolute Gasteiger partial charge is 0.242 e. The lowest BCUT2D eigenvalue weighted by atomic mass is 10.0. The van der Waals surface area contributed by atoms with E-state index >= 15 is 0 Å². The molecule has 3 heteroatoms. The van der Waals surface area contributed by atoms with Crippen molar-refractivity contribution in [1.82, 2.24) is 9.97 Å². The second-order valence-corrected chi connectivity index (χ2v) is 3.86. The van der Waals surface area contributed by atoms with Gasteiger partial charge in [-0.25, -0.2) is 9.97 Å². The number of aryl methyl sites for hydroxylation is 1. The van der Waals surface area contributed by atoms with E-state index < -0.39 is 0 Å². The Morgan fingerprint density at radius 3 is 2.69 bits per heavy atom. The molecule has 13 heavy (non-hydrogen) atoms. The highest BCUT2D eigenvalue weighted by Crippen LogP contribution is 2.23. The van der Waals surface area contributed by atoms with E-state index in [0.717, 1.165) is 17.8 Å². The minimum Gasteiger partial charge on any atom is -0.242 e. The molecule has 0 N–H and O–H groups in total. The first-order valence-electron chi connectivity index (χ1n) is 4.57. The van der Waals surface area contributed by atoms with Gasteiger partial charge in [-0.1, -0.05) is 13.8 Å². The van der Waals surface area contributed by atoms with Crippen LogP contribution in [0.2, 0.25) is 0 Å². The van der Waals surface area contributed by atoms with E-state index in [1.165, 1.54) is 0 Å². The summed E-state index contributed by atoms with van der Waals surface area (Å²) in [5.41, 5.74) is 2.03. The molecular formula is C10H15ClN2. The number of hydrogen-bond acceptors (Lipinski definition) is 2. The van der Waals surface area contributed by atoms with Gasteiger partial charge >= 0.3 is 0 Å². The summed E-state index contributed by atoms with van der Waals surface area (Å²) < 4.78 is 0. The molecule has 0 bridgehead atoms. The molecule has 0 spiro atoms. The first-order valence-corrected chi connectivity index (χ1v) is 5.01. The lowest BCUT2D eigenvalue weighted by molar-refractivity contribution is 0.653. The summed E-state index contributed by atoms with van der Waals surface area (Å²) in [6.07, 6.45) is 2.56. The smallest absolute Gasteiger partial charge is 0.115 e. The van der Waals surface area contributed by atoms with Crippen molar-refractivity contribution in [3.05, 3.63) is 23.8 Å². The number of aromatic nitrogens is 2. The van der Waals surface area contributed by atoms with Gasteiger partial charge in [0.1, 0.15) is 6.33 Å². The number of halogens is 1. The Kier molecular flexibility index (Phi) is 3.67. The first-order chi connectivity index (χ1) is 6.15. The average Bonchev–Trinajstić information content (AvgIpc) is 2.15. The maximum atomic E-state index is 6.14. The van der Waals surface area contributed by atoms with Gasteiger partial charge in [0.05, 0.1) is 0 Å². The van der Waals surface area contributed by atoms with Crippen molar-refractivity contribution >= 4 is 11.6 Å². The molecule has 0 amide bonds. The van der Waals surface area contributed by atoms with Crippen LogP contribution in [-0.4, -0.2) is 15.3 Å². The van der Waals surface area contributed by atoms with Gasteiger partial charge in [-0.3, -0.25) is 0 Å². The SMILES string of the molecule is CCC(Cl)C(C)c1cc(C)ncn1. The van der Waals surface area contributed by atoms with E-state index in [1.807, 2.05) is 13.0 Å². The van der Waals surface area contributed by atoms with Crippen LogP contribution in [0.5, 0.6) is 0 Å². The summed E-state index contributed by atoms with van der Waals surface area (Å²) in [4.78, 5) is 8.27. The topological polar surface area (TPSA) is 25.8 Å². The molecule has 2 atom stereocenters. The zero-order valence-electron chi connectivity index (χ0n) is 8.29. The maximum Gasteiger partial charge on any atom is 0.115 e. The monoisotopic (exact) mass is 198 g/mol. The number of alkyl halides is 1. The van der Waals surface area contributed by atoms with Gasteiger partial charge in [0.2, 0.25) is 0 Å². The Hall–Kier alpha value is -0.630. The fourth-order valence-electron chi connectivity index (χ4n) is 1.26. The Morgan fingerprint density at radius 1 is 1.46 bits per heavy atom. The van der Waals surface area contributed by atoms with E-state index in [0.29, 0.717) is 5.92 Å². The fraction of sp³-hybridized carbons (Fsp3) is 0.600. The Balaban J connectivity index is 2.82. The third kappa shape index (κ3) is 2.66. The standard InChI is InChI=1S/C10H15ClN2/c1-4-9(11)8(3)10-5-7(2)12-6-13-10/h5-6,8-9H,4H2,1-3H3. The summed E-state index contributed by atoms with van der Waals surface area (Å²) in [5.74, 6) is 0.299. The van der Waals surface area contributed by atoms with Crippen LogP contribution in [0.25, 0.3) is 0 Å². The normalized spacial score (nSPS) is 15.4. The molecule has 1 heterocycles. The molecule has 0 aliphatic heterocycles. The third-order valence-corrected chi connectivity index (χ3v) is 2.91. The zero-order chi connectivity index (χ0) is 9.84. The van der Waals surface area contributed by atoms with Gasteiger partial charge < -0.3 is 0 Å². The molecule has 2 nitrogen and oxygen atoms in total. The summed E-state index contributed by atoms with van der Waals surface area (Å²) >= 11 is 6.14. The molecule has 0 aliphatic carbocycles. The highest BCUT2D eigenvalue weighted by atomic mass is 35.5. The van der Waals surface area contributed by atoms with Crippen LogP contribution < -0.4 is 0 Å². The summed E-state index contributed by atoms with van der Waals surface area (Å²) in [5, 5.41) is 0.161. The van der Waals surface area contributed by atoms with Crippen molar-refractivity contribution in [1.29, 1.82) is 0 Å². The second kappa shape index (κ2) is 4.56. The van der Waals surface area contributed by atoms with E-state index in [-0.39, 0.29) is 5.38 Å². The van der Waals surface area contributed by atoms with Crippen LogP contribution in [-0.2, 0) is 0 Å².